The average molecular weight is 359 g/mol. The van der Waals surface area contributed by atoms with Crippen molar-refractivity contribution in [3.63, 3.8) is 0 Å². The van der Waals surface area contributed by atoms with E-state index in [1.807, 2.05) is 18.2 Å². The molecule has 0 saturated heterocycles. The molecule has 0 aliphatic carbocycles. The summed E-state index contributed by atoms with van der Waals surface area (Å²) >= 11 is 0. The first-order chi connectivity index (χ1) is 13.1. The minimum atomic E-state index is -0.499. The van der Waals surface area contributed by atoms with Gasteiger partial charge < -0.3 is 0 Å². The predicted molar refractivity (Wildman–Crippen MR) is 101 cm³/mol. The summed E-state index contributed by atoms with van der Waals surface area (Å²) in [5, 5.41) is 0.176. The number of rotatable bonds is 3. The minimum Gasteiger partial charge on any atom is -0.268 e. The summed E-state index contributed by atoms with van der Waals surface area (Å²) in [6, 6.07) is 9.46. The van der Waals surface area contributed by atoms with Crippen LogP contribution in [0.25, 0.3) is 28.9 Å². The molecule has 0 bridgehead atoms. The maximum atomic E-state index is 13.7. The Morgan fingerprint density at radius 1 is 1.00 bits per heavy atom. The smallest absolute Gasteiger partial charge is 0.267 e. The minimum absolute atomic E-state index is 0.176. The molecule has 1 aromatic carbocycles. The highest BCUT2D eigenvalue weighted by molar-refractivity contribution is 5.80. The van der Waals surface area contributed by atoms with E-state index in [9.17, 15) is 9.18 Å². The van der Waals surface area contributed by atoms with Crippen molar-refractivity contribution in [2.45, 2.75) is 6.92 Å². The molecule has 0 saturated carbocycles. The molecule has 0 atom stereocenters. The number of halogens is 1. The highest BCUT2D eigenvalue weighted by Gasteiger charge is 2.15. The van der Waals surface area contributed by atoms with Crippen LogP contribution >= 0.6 is 0 Å². The van der Waals surface area contributed by atoms with Crippen molar-refractivity contribution in [1.82, 2.24) is 24.5 Å². The van der Waals surface area contributed by atoms with Crippen LogP contribution in [0.15, 0.2) is 59.8 Å². The molecule has 3 aromatic heterocycles. The van der Waals surface area contributed by atoms with E-state index in [0.717, 1.165) is 0 Å². The van der Waals surface area contributed by atoms with Crippen LogP contribution in [0.1, 0.15) is 17.2 Å². The predicted octanol–water partition coefficient (Wildman–Crippen LogP) is 3.19. The van der Waals surface area contributed by atoms with Gasteiger partial charge in [0.25, 0.3) is 5.56 Å². The fraction of sp³-hybridized carbons (Fsp3) is 0.0500. The fourth-order valence-electron chi connectivity index (χ4n) is 2.75. The van der Waals surface area contributed by atoms with Crippen molar-refractivity contribution in [3.05, 3.63) is 88.4 Å². The van der Waals surface area contributed by atoms with Crippen molar-refractivity contribution in [2.24, 2.45) is 0 Å². The molecule has 0 aliphatic heterocycles. The van der Waals surface area contributed by atoms with Gasteiger partial charge in [-0.05, 0) is 49.4 Å². The van der Waals surface area contributed by atoms with Crippen LogP contribution in [-0.4, -0.2) is 24.5 Å². The van der Waals surface area contributed by atoms with Crippen molar-refractivity contribution >= 4 is 23.1 Å². The molecule has 0 spiro atoms. The second-order valence-corrected chi connectivity index (χ2v) is 5.83. The Bertz CT molecular complexity index is 1220. The van der Waals surface area contributed by atoms with Crippen molar-refractivity contribution in [3.8, 4) is 5.82 Å². The van der Waals surface area contributed by atoms with Gasteiger partial charge in [-0.15, -0.1) is 0 Å². The Hall–Kier alpha value is -3.74. The number of fused-ring (bicyclic) bond motifs is 1. The Labute approximate surface area is 153 Å². The zero-order valence-electron chi connectivity index (χ0n) is 14.4. The summed E-state index contributed by atoms with van der Waals surface area (Å²) in [7, 11) is 0. The largest absolute Gasteiger partial charge is 0.268 e. The van der Waals surface area contributed by atoms with E-state index in [1.54, 1.807) is 31.5 Å². The Balaban J connectivity index is 2.00. The third-order valence-corrected chi connectivity index (χ3v) is 4.01. The number of hydrogen-bond donors (Lipinski definition) is 0. The molecule has 3 heterocycles. The standard InChI is InChI=1S/C20H14FN5O/c1-13-19(24-11-10-22-13)26-18(8-6-15-4-2-3-9-23-15)25-17-7-5-14(21)12-16(17)20(26)27/h2-12H,1H3/b8-6+. The highest BCUT2D eigenvalue weighted by atomic mass is 19.1. The van der Waals surface area contributed by atoms with Gasteiger partial charge >= 0.3 is 0 Å². The summed E-state index contributed by atoms with van der Waals surface area (Å²) in [4.78, 5) is 30.3. The van der Waals surface area contributed by atoms with E-state index in [-0.39, 0.29) is 5.39 Å². The molecule has 0 aliphatic rings. The number of aromatic nitrogens is 5. The van der Waals surface area contributed by atoms with E-state index in [1.165, 1.54) is 29.0 Å². The molecule has 0 unspecified atom stereocenters. The topological polar surface area (TPSA) is 73.6 Å². The quantitative estimate of drug-likeness (QED) is 0.562. The van der Waals surface area contributed by atoms with Gasteiger partial charge in [-0.25, -0.2) is 18.9 Å². The van der Waals surface area contributed by atoms with Gasteiger partial charge in [0.1, 0.15) is 11.6 Å². The second kappa shape index (κ2) is 6.87. The maximum Gasteiger partial charge on any atom is 0.267 e. The van der Waals surface area contributed by atoms with Crippen LogP contribution in [0.3, 0.4) is 0 Å². The van der Waals surface area contributed by atoms with Crippen LogP contribution in [0.2, 0.25) is 0 Å². The van der Waals surface area contributed by atoms with Gasteiger partial charge in [0.2, 0.25) is 0 Å². The van der Waals surface area contributed by atoms with Gasteiger partial charge in [-0.3, -0.25) is 14.8 Å². The normalized spacial score (nSPS) is 11.3. The molecule has 132 valence electrons. The molecular weight excluding hydrogens is 345 g/mol. The first kappa shape index (κ1) is 16.7. The Kier molecular flexibility index (Phi) is 4.25. The van der Waals surface area contributed by atoms with Gasteiger partial charge in [0, 0.05) is 18.6 Å². The van der Waals surface area contributed by atoms with E-state index >= 15 is 0 Å². The molecule has 27 heavy (non-hydrogen) atoms. The first-order valence-electron chi connectivity index (χ1n) is 8.23. The summed E-state index contributed by atoms with van der Waals surface area (Å²) in [6.45, 7) is 1.75. The molecule has 0 radical (unpaired) electrons. The summed E-state index contributed by atoms with van der Waals surface area (Å²) in [5.74, 6) is 0.204. The number of pyridine rings is 1. The van der Waals surface area contributed by atoms with Crippen LogP contribution in [-0.2, 0) is 0 Å². The molecular formula is C20H14FN5O. The monoisotopic (exact) mass is 359 g/mol. The van der Waals surface area contributed by atoms with E-state index < -0.39 is 11.4 Å². The molecule has 7 heteroatoms. The maximum absolute atomic E-state index is 13.7. The van der Waals surface area contributed by atoms with E-state index in [0.29, 0.717) is 28.5 Å². The molecule has 0 amide bonds. The van der Waals surface area contributed by atoms with Crippen LogP contribution < -0.4 is 5.56 Å². The first-order valence-corrected chi connectivity index (χ1v) is 8.23. The Morgan fingerprint density at radius 2 is 1.85 bits per heavy atom. The third kappa shape index (κ3) is 3.22. The third-order valence-electron chi connectivity index (χ3n) is 4.01. The van der Waals surface area contributed by atoms with Crippen LogP contribution in [0.5, 0.6) is 0 Å². The van der Waals surface area contributed by atoms with Crippen molar-refractivity contribution < 1.29 is 4.39 Å². The van der Waals surface area contributed by atoms with Gasteiger partial charge in [-0.2, -0.15) is 0 Å². The van der Waals surface area contributed by atoms with Crippen LogP contribution in [0, 0.1) is 12.7 Å². The zero-order valence-corrected chi connectivity index (χ0v) is 14.4. The molecule has 6 nitrogen and oxygen atoms in total. The zero-order chi connectivity index (χ0) is 18.8. The molecule has 0 fully saturated rings. The SMILES string of the molecule is Cc1nccnc1-n1c(/C=C/c2ccccn2)nc2ccc(F)cc2c1=O. The van der Waals surface area contributed by atoms with Gasteiger partial charge in [0.05, 0.1) is 22.3 Å². The summed E-state index contributed by atoms with van der Waals surface area (Å²) < 4.78 is 15.0. The van der Waals surface area contributed by atoms with Gasteiger partial charge in [0.15, 0.2) is 5.82 Å². The molecule has 0 N–H and O–H groups in total. The number of aryl methyl sites for hydroxylation is 1. The van der Waals surface area contributed by atoms with Gasteiger partial charge in [-0.1, -0.05) is 6.07 Å². The summed E-state index contributed by atoms with van der Waals surface area (Å²) in [5.41, 5.74) is 1.27. The van der Waals surface area contributed by atoms with E-state index in [4.69, 9.17) is 0 Å². The van der Waals surface area contributed by atoms with Crippen LogP contribution in [0.4, 0.5) is 4.39 Å². The second-order valence-electron chi connectivity index (χ2n) is 5.83. The molecule has 4 aromatic rings. The van der Waals surface area contributed by atoms with E-state index in [2.05, 4.69) is 19.9 Å². The lowest BCUT2D eigenvalue weighted by Crippen LogP contribution is -2.24. The Morgan fingerprint density at radius 3 is 2.63 bits per heavy atom. The highest BCUT2D eigenvalue weighted by Crippen LogP contribution is 2.16. The lowest BCUT2D eigenvalue weighted by atomic mass is 10.2. The van der Waals surface area contributed by atoms with Crippen molar-refractivity contribution in [2.75, 3.05) is 0 Å². The summed E-state index contributed by atoms with van der Waals surface area (Å²) in [6.07, 6.45) is 8.15. The number of nitrogens with zero attached hydrogens (tertiary/aromatic N) is 5. The number of hydrogen-bond acceptors (Lipinski definition) is 5. The fourth-order valence-corrected chi connectivity index (χ4v) is 2.75. The van der Waals surface area contributed by atoms with Crippen molar-refractivity contribution in [1.29, 1.82) is 0 Å². The number of benzene rings is 1. The molecule has 4 rings (SSSR count). The lowest BCUT2D eigenvalue weighted by Gasteiger charge is -2.12. The lowest BCUT2D eigenvalue weighted by molar-refractivity contribution is 0.629. The average Bonchev–Trinajstić information content (AvgIpc) is 2.69.